The number of aromatic nitrogens is 2. The average molecular weight is 477 g/mol. The number of hydrogen-bond donors (Lipinski definition) is 2. The lowest BCUT2D eigenvalue weighted by atomic mass is 10.1. The van der Waals surface area contributed by atoms with Gasteiger partial charge >= 0.3 is 12.1 Å². The van der Waals surface area contributed by atoms with Gasteiger partial charge in [0.05, 0.1) is 23.4 Å². The van der Waals surface area contributed by atoms with Gasteiger partial charge in [-0.1, -0.05) is 0 Å². The van der Waals surface area contributed by atoms with Crippen molar-refractivity contribution < 1.29 is 32.4 Å². The van der Waals surface area contributed by atoms with Crippen molar-refractivity contribution in [1.29, 1.82) is 0 Å². The Morgan fingerprint density at radius 1 is 1.18 bits per heavy atom. The van der Waals surface area contributed by atoms with Crippen LogP contribution in [0.5, 0.6) is 0 Å². The van der Waals surface area contributed by atoms with Crippen molar-refractivity contribution in [2.45, 2.75) is 13.1 Å². The van der Waals surface area contributed by atoms with Gasteiger partial charge in [0.25, 0.3) is 11.6 Å². The molecule has 10 nitrogen and oxygen atoms in total. The molecule has 0 aliphatic heterocycles. The van der Waals surface area contributed by atoms with E-state index in [2.05, 4.69) is 20.5 Å². The Hall–Kier alpha value is -4.42. The molecule has 1 heterocycles. The smallest absolute Gasteiger partial charge is 0.434 e. The summed E-state index contributed by atoms with van der Waals surface area (Å²) >= 11 is 0. The molecule has 13 heteroatoms. The minimum atomic E-state index is -4.89. The zero-order chi connectivity index (χ0) is 25.0. The number of alkyl halides is 3. The van der Waals surface area contributed by atoms with Crippen molar-refractivity contribution in [3.05, 3.63) is 75.6 Å². The number of rotatable bonds is 7. The summed E-state index contributed by atoms with van der Waals surface area (Å²) in [5.41, 5.74) is -1.86. The summed E-state index contributed by atoms with van der Waals surface area (Å²) in [5, 5.41) is 20.0. The third-order valence-corrected chi connectivity index (χ3v) is 4.63. The van der Waals surface area contributed by atoms with Crippen LogP contribution in [0.3, 0.4) is 0 Å². The van der Waals surface area contributed by atoms with E-state index in [1.165, 1.54) is 50.4 Å². The second kappa shape index (κ2) is 9.60. The molecule has 0 aliphatic carbocycles. The lowest BCUT2D eigenvalue weighted by Crippen LogP contribution is -2.18. The van der Waals surface area contributed by atoms with E-state index in [1.54, 1.807) is 0 Å². The van der Waals surface area contributed by atoms with Gasteiger partial charge in [-0.3, -0.25) is 14.9 Å². The Morgan fingerprint density at radius 2 is 1.85 bits per heavy atom. The Labute approximate surface area is 190 Å². The summed E-state index contributed by atoms with van der Waals surface area (Å²) in [5.74, 6) is -1.80. The number of nitro benzene ring substituents is 1. The number of nitro groups is 1. The van der Waals surface area contributed by atoms with Crippen LogP contribution in [0.2, 0.25) is 0 Å². The molecule has 34 heavy (non-hydrogen) atoms. The minimum Gasteiger partial charge on any atom is -0.462 e. The van der Waals surface area contributed by atoms with Crippen molar-refractivity contribution >= 4 is 28.9 Å². The number of carbonyl (C=O) groups is 2. The van der Waals surface area contributed by atoms with Crippen LogP contribution in [0, 0.1) is 10.1 Å². The molecule has 0 atom stereocenters. The van der Waals surface area contributed by atoms with Gasteiger partial charge < -0.3 is 15.4 Å². The largest absolute Gasteiger partial charge is 0.462 e. The highest BCUT2D eigenvalue weighted by atomic mass is 19.4. The van der Waals surface area contributed by atoms with Gasteiger partial charge in [-0.2, -0.15) is 18.3 Å². The molecular formula is C21H18F3N5O5. The van der Waals surface area contributed by atoms with E-state index >= 15 is 0 Å². The van der Waals surface area contributed by atoms with Gasteiger partial charge in [0.15, 0.2) is 5.69 Å². The molecule has 1 amide bonds. The van der Waals surface area contributed by atoms with Crippen molar-refractivity contribution in [2.75, 3.05) is 24.3 Å². The molecule has 1 aromatic heterocycles. The highest BCUT2D eigenvalue weighted by Gasteiger charge is 2.41. The summed E-state index contributed by atoms with van der Waals surface area (Å²) in [7, 11) is 1.50. The lowest BCUT2D eigenvalue weighted by molar-refractivity contribution is -0.384. The zero-order valence-corrected chi connectivity index (χ0v) is 17.8. The van der Waals surface area contributed by atoms with E-state index in [1.807, 2.05) is 0 Å². The number of anilines is 2. The molecule has 2 N–H and O–H groups in total. The maximum atomic E-state index is 13.6. The summed E-state index contributed by atoms with van der Waals surface area (Å²) in [6.07, 6.45) is -4.11. The van der Waals surface area contributed by atoms with Gasteiger partial charge in [0, 0.05) is 24.4 Å². The summed E-state index contributed by atoms with van der Waals surface area (Å²) < 4.78 is 46.1. The molecule has 0 unspecified atom stereocenters. The predicted octanol–water partition coefficient (Wildman–Crippen LogP) is 4.27. The number of nitrogens with zero attached hydrogens (tertiary/aromatic N) is 3. The van der Waals surface area contributed by atoms with Crippen LogP contribution in [0.15, 0.2) is 48.7 Å². The van der Waals surface area contributed by atoms with Crippen LogP contribution in [-0.2, 0) is 10.9 Å². The molecule has 0 bridgehead atoms. The van der Waals surface area contributed by atoms with E-state index in [0.29, 0.717) is 4.68 Å². The lowest BCUT2D eigenvalue weighted by Gasteiger charge is -2.13. The van der Waals surface area contributed by atoms with Gasteiger partial charge in [0.2, 0.25) is 0 Å². The average Bonchev–Trinajstić information content (AvgIpc) is 3.25. The molecule has 3 rings (SSSR count). The monoisotopic (exact) mass is 477 g/mol. The number of benzene rings is 2. The van der Waals surface area contributed by atoms with Crippen molar-refractivity contribution in [2.24, 2.45) is 0 Å². The molecule has 2 aromatic carbocycles. The topological polar surface area (TPSA) is 128 Å². The third kappa shape index (κ3) is 4.98. The molecule has 0 saturated heterocycles. The quantitative estimate of drug-likeness (QED) is 0.295. The van der Waals surface area contributed by atoms with Crippen LogP contribution < -0.4 is 10.6 Å². The Balaban J connectivity index is 1.86. The first-order valence-corrected chi connectivity index (χ1v) is 9.77. The van der Waals surface area contributed by atoms with Crippen LogP contribution in [-0.4, -0.2) is 40.2 Å². The van der Waals surface area contributed by atoms with Crippen LogP contribution in [0.4, 0.5) is 30.2 Å². The van der Waals surface area contributed by atoms with E-state index < -0.39 is 34.2 Å². The number of carbonyl (C=O) groups excluding carboxylic acids is 2. The first kappa shape index (κ1) is 24.2. The van der Waals surface area contributed by atoms with Gasteiger partial charge in [-0.05, 0) is 43.3 Å². The second-order valence-corrected chi connectivity index (χ2v) is 6.78. The maximum absolute atomic E-state index is 13.6. The summed E-state index contributed by atoms with van der Waals surface area (Å²) in [6, 6.07) is 9.06. The fourth-order valence-electron chi connectivity index (χ4n) is 3.10. The number of esters is 1. The molecule has 0 saturated carbocycles. The zero-order valence-electron chi connectivity index (χ0n) is 17.8. The van der Waals surface area contributed by atoms with Gasteiger partial charge in [-0.15, -0.1) is 0 Å². The fraction of sp³-hybridized carbons (Fsp3) is 0.190. The van der Waals surface area contributed by atoms with Gasteiger partial charge in [0.1, 0.15) is 11.3 Å². The molecule has 178 valence electrons. The Bertz CT molecular complexity index is 1240. The van der Waals surface area contributed by atoms with Crippen molar-refractivity contribution in [1.82, 2.24) is 9.78 Å². The molecule has 0 fully saturated rings. The SMILES string of the molecule is CCOC(=O)c1cnn(-c2ccc(NC(=O)c3ccc(NC)c([N+](=O)[O-])c3)cc2)c1C(F)(F)F. The molecule has 3 aromatic rings. The number of amides is 1. The minimum absolute atomic E-state index is 0.0142. The first-order valence-electron chi connectivity index (χ1n) is 9.77. The third-order valence-electron chi connectivity index (χ3n) is 4.63. The normalized spacial score (nSPS) is 11.1. The Morgan fingerprint density at radius 3 is 2.41 bits per heavy atom. The highest BCUT2D eigenvalue weighted by molar-refractivity contribution is 6.05. The van der Waals surface area contributed by atoms with Crippen molar-refractivity contribution in [3.63, 3.8) is 0 Å². The summed E-state index contributed by atoms with van der Waals surface area (Å²) in [4.78, 5) is 34.9. The van der Waals surface area contributed by atoms with E-state index in [0.717, 1.165) is 12.3 Å². The van der Waals surface area contributed by atoms with Crippen LogP contribution in [0.1, 0.15) is 33.3 Å². The second-order valence-electron chi connectivity index (χ2n) is 6.78. The number of nitrogens with one attached hydrogen (secondary N) is 2. The fourth-order valence-corrected chi connectivity index (χ4v) is 3.10. The Kier molecular flexibility index (Phi) is 6.84. The van der Waals surface area contributed by atoms with E-state index in [4.69, 9.17) is 0 Å². The maximum Gasteiger partial charge on any atom is 0.434 e. The van der Waals surface area contributed by atoms with Crippen LogP contribution >= 0.6 is 0 Å². The number of hydrogen-bond acceptors (Lipinski definition) is 7. The first-order chi connectivity index (χ1) is 16.1. The van der Waals surface area contributed by atoms with Crippen molar-refractivity contribution in [3.8, 4) is 5.69 Å². The predicted molar refractivity (Wildman–Crippen MR) is 115 cm³/mol. The standard InChI is InChI=1S/C21H18F3N5O5/c1-3-34-20(31)15-11-26-28(18(15)21(22,23)24)14-7-5-13(6-8-14)27-19(30)12-4-9-16(25-2)17(10-12)29(32)33/h4-11,25H,3H2,1-2H3,(H,27,30). The molecule has 0 aliphatic rings. The molecule has 0 spiro atoms. The van der Waals surface area contributed by atoms with E-state index in [9.17, 15) is 32.9 Å². The summed E-state index contributed by atoms with van der Waals surface area (Å²) in [6.45, 7) is 1.37. The van der Waals surface area contributed by atoms with E-state index in [-0.39, 0.29) is 34.9 Å². The van der Waals surface area contributed by atoms with Crippen LogP contribution in [0.25, 0.3) is 5.69 Å². The molecular weight excluding hydrogens is 459 g/mol. The highest BCUT2D eigenvalue weighted by Crippen LogP contribution is 2.34. The number of ether oxygens (including phenoxy) is 1. The van der Waals surface area contributed by atoms with Gasteiger partial charge in [-0.25, -0.2) is 9.48 Å². The molecule has 0 radical (unpaired) electrons. The number of halogens is 3.